The van der Waals surface area contributed by atoms with Crippen LogP contribution in [0.2, 0.25) is 0 Å². The zero-order valence-electron chi connectivity index (χ0n) is 9.89. The zero-order chi connectivity index (χ0) is 12.8. The second kappa shape index (κ2) is 6.32. The van der Waals surface area contributed by atoms with Crippen LogP contribution >= 0.6 is 0 Å². The highest BCUT2D eigenvalue weighted by atomic mass is 19.1. The van der Waals surface area contributed by atoms with Gasteiger partial charge in [0, 0.05) is 26.3 Å². The molecule has 1 rings (SSSR count). The van der Waals surface area contributed by atoms with Crippen LogP contribution in [0.25, 0.3) is 0 Å². The van der Waals surface area contributed by atoms with Gasteiger partial charge in [0.1, 0.15) is 5.82 Å². The minimum Gasteiger partial charge on any atom is -0.389 e. The SMILES string of the molecule is COCC(O)CN(C)c1c(F)cccc1C=O. The minimum absolute atomic E-state index is 0.162. The molecule has 1 aromatic rings. The van der Waals surface area contributed by atoms with Crippen LogP contribution in [-0.2, 0) is 4.74 Å². The van der Waals surface area contributed by atoms with Gasteiger partial charge in [-0.1, -0.05) is 6.07 Å². The number of likely N-dealkylation sites (N-methyl/N-ethyl adjacent to an activating group) is 1. The number of hydrogen-bond donors (Lipinski definition) is 1. The quantitative estimate of drug-likeness (QED) is 0.757. The van der Waals surface area contributed by atoms with E-state index in [0.717, 1.165) is 0 Å². The summed E-state index contributed by atoms with van der Waals surface area (Å²) in [4.78, 5) is 12.3. The van der Waals surface area contributed by atoms with E-state index in [0.29, 0.717) is 6.29 Å². The van der Waals surface area contributed by atoms with E-state index >= 15 is 0 Å². The van der Waals surface area contributed by atoms with Gasteiger partial charge in [-0.05, 0) is 12.1 Å². The molecule has 0 radical (unpaired) electrons. The fourth-order valence-corrected chi connectivity index (χ4v) is 1.68. The molecule has 17 heavy (non-hydrogen) atoms. The van der Waals surface area contributed by atoms with Crippen molar-refractivity contribution in [1.29, 1.82) is 0 Å². The van der Waals surface area contributed by atoms with Crippen molar-refractivity contribution in [2.45, 2.75) is 6.10 Å². The average molecular weight is 241 g/mol. The Morgan fingerprint density at radius 3 is 2.88 bits per heavy atom. The Hall–Kier alpha value is -1.46. The zero-order valence-corrected chi connectivity index (χ0v) is 9.89. The molecule has 0 aliphatic heterocycles. The lowest BCUT2D eigenvalue weighted by molar-refractivity contribution is 0.0694. The van der Waals surface area contributed by atoms with E-state index in [-0.39, 0.29) is 24.4 Å². The van der Waals surface area contributed by atoms with Gasteiger partial charge in [0.2, 0.25) is 0 Å². The van der Waals surface area contributed by atoms with Crippen LogP contribution in [-0.4, -0.2) is 44.8 Å². The van der Waals surface area contributed by atoms with Crippen molar-refractivity contribution in [3.63, 3.8) is 0 Å². The van der Waals surface area contributed by atoms with Crippen molar-refractivity contribution in [1.82, 2.24) is 0 Å². The van der Waals surface area contributed by atoms with Crippen molar-refractivity contribution < 1.29 is 19.0 Å². The van der Waals surface area contributed by atoms with Crippen molar-refractivity contribution in [3.8, 4) is 0 Å². The minimum atomic E-state index is -0.732. The maximum Gasteiger partial charge on any atom is 0.152 e. The first-order chi connectivity index (χ1) is 8.10. The number of para-hydroxylation sites is 1. The highest BCUT2D eigenvalue weighted by molar-refractivity contribution is 5.84. The first-order valence-electron chi connectivity index (χ1n) is 5.22. The number of aliphatic hydroxyl groups is 1. The topological polar surface area (TPSA) is 49.8 Å². The van der Waals surface area contributed by atoms with E-state index in [2.05, 4.69) is 0 Å². The van der Waals surface area contributed by atoms with E-state index in [1.54, 1.807) is 7.05 Å². The Balaban J connectivity index is 2.87. The molecule has 0 fully saturated rings. The maximum absolute atomic E-state index is 13.6. The average Bonchev–Trinajstić information content (AvgIpc) is 2.28. The fraction of sp³-hybridized carbons (Fsp3) is 0.417. The second-order valence-corrected chi connectivity index (χ2v) is 3.79. The number of anilines is 1. The lowest BCUT2D eigenvalue weighted by atomic mass is 10.1. The first-order valence-corrected chi connectivity index (χ1v) is 5.22. The van der Waals surface area contributed by atoms with Crippen molar-refractivity contribution in [2.24, 2.45) is 0 Å². The van der Waals surface area contributed by atoms with Crippen LogP contribution in [0, 0.1) is 5.82 Å². The number of aldehydes is 1. The highest BCUT2D eigenvalue weighted by Crippen LogP contribution is 2.22. The van der Waals surface area contributed by atoms with E-state index in [1.165, 1.54) is 30.2 Å². The smallest absolute Gasteiger partial charge is 0.152 e. The predicted octanol–water partition coefficient (Wildman–Crippen LogP) is 1.08. The summed E-state index contributed by atoms with van der Waals surface area (Å²) in [5.74, 6) is -0.485. The van der Waals surface area contributed by atoms with Crippen molar-refractivity contribution in [2.75, 3.05) is 32.2 Å². The van der Waals surface area contributed by atoms with Gasteiger partial charge in [0.15, 0.2) is 6.29 Å². The Labute approximate surface area is 99.6 Å². The molecule has 0 saturated carbocycles. The van der Waals surface area contributed by atoms with Crippen LogP contribution < -0.4 is 4.90 Å². The third kappa shape index (κ3) is 3.51. The summed E-state index contributed by atoms with van der Waals surface area (Å²) >= 11 is 0. The highest BCUT2D eigenvalue weighted by Gasteiger charge is 2.15. The van der Waals surface area contributed by atoms with Gasteiger partial charge < -0.3 is 14.7 Å². The number of halogens is 1. The number of carbonyl (C=O) groups is 1. The first kappa shape index (κ1) is 13.6. The van der Waals surface area contributed by atoms with Crippen LogP contribution in [0.15, 0.2) is 18.2 Å². The summed E-state index contributed by atoms with van der Waals surface area (Å²) in [6.45, 7) is 0.352. The molecule has 0 aliphatic rings. The molecule has 1 unspecified atom stereocenters. The molecule has 0 spiro atoms. The standard InChI is InChI=1S/C12H16FNO3/c1-14(6-10(16)8-17-2)12-9(7-15)4-3-5-11(12)13/h3-5,7,10,16H,6,8H2,1-2H3. The molecule has 5 heteroatoms. The molecule has 0 bridgehead atoms. The lowest BCUT2D eigenvalue weighted by Gasteiger charge is -2.24. The largest absolute Gasteiger partial charge is 0.389 e. The second-order valence-electron chi connectivity index (χ2n) is 3.79. The van der Waals surface area contributed by atoms with Gasteiger partial charge in [-0.25, -0.2) is 4.39 Å². The molecular formula is C12H16FNO3. The van der Waals surface area contributed by atoms with E-state index in [1.807, 2.05) is 0 Å². The number of methoxy groups -OCH3 is 1. The monoisotopic (exact) mass is 241 g/mol. The van der Waals surface area contributed by atoms with E-state index < -0.39 is 11.9 Å². The summed E-state index contributed by atoms with van der Waals surface area (Å²) in [7, 11) is 3.09. The number of hydrogen-bond acceptors (Lipinski definition) is 4. The lowest BCUT2D eigenvalue weighted by Crippen LogP contribution is -2.33. The third-order valence-corrected chi connectivity index (χ3v) is 2.37. The van der Waals surface area contributed by atoms with E-state index in [9.17, 15) is 14.3 Å². The Bertz CT molecular complexity index is 384. The number of ether oxygens (including phenoxy) is 1. The predicted molar refractivity (Wildman–Crippen MR) is 62.9 cm³/mol. The Kier molecular flexibility index (Phi) is 5.06. The molecule has 1 N–H and O–H groups in total. The fourth-order valence-electron chi connectivity index (χ4n) is 1.68. The van der Waals surface area contributed by atoms with Gasteiger partial charge in [-0.2, -0.15) is 0 Å². The van der Waals surface area contributed by atoms with Crippen LogP contribution in [0.5, 0.6) is 0 Å². The van der Waals surface area contributed by atoms with Crippen molar-refractivity contribution >= 4 is 12.0 Å². The number of aliphatic hydroxyl groups excluding tert-OH is 1. The summed E-state index contributed by atoms with van der Waals surface area (Å²) in [5, 5.41) is 9.56. The Morgan fingerprint density at radius 2 is 2.29 bits per heavy atom. The number of carbonyl (C=O) groups excluding carboxylic acids is 1. The molecule has 0 heterocycles. The molecule has 1 aromatic carbocycles. The maximum atomic E-state index is 13.6. The summed E-state index contributed by atoms with van der Waals surface area (Å²) in [5.41, 5.74) is 0.453. The van der Waals surface area contributed by atoms with Gasteiger partial charge in [-0.15, -0.1) is 0 Å². The molecule has 94 valence electrons. The molecule has 0 aliphatic carbocycles. The molecule has 0 saturated heterocycles. The number of benzene rings is 1. The summed E-state index contributed by atoms with van der Waals surface area (Å²) in [6.07, 6.45) is -0.137. The van der Waals surface area contributed by atoms with Crippen molar-refractivity contribution in [3.05, 3.63) is 29.6 Å². The van der Waals surface area contributed by atoms with Gasteiger partial charge >= 0.3 is 0 Å². The number of nitrogens with zero attached hydrogens (tertiary/aromatic N) is 1. The summed E-state index contributed by atoms with van der Waals surface area (Å²) in [6, 6.07) is 4.29. The van der Waals surface area contributed by atoms with Crippen LogP contribution in [0.1, 0.15) is 10.4 Å². The molecule has 0 aromatic heterocycles. The van der Waals surface area contributed by atoms with Crippen LogP contribution in [0.4, 0.5) is 10.1 Å². The molecule has 0 amide bonds. The number of rotatable bonds is 6. The van der Waals surface area contributed by atoms with E-state index in [4.69, 9.17) is 4.74 Å². The normalized spacial score (nSPS) is 12.2. The van der Waals surface area contributed by atoms with Gasteiger partial charge in [0.25, 0.3) is 0 Å². The molecule has 1 atom stereocenters. The molecule has 4 nitrogen and oxygen atoms in total. The van der Waals surface area contributed by atoms with Gasteiger partial charge in [0.05, 0.1) is 18.4 Å². The third-order valence-electron chi connectivity index (χ3n) is 2.37. The van der Waals surface area contributed by atoms with Crippen LogP contribution in [0.3, 0.4) is 0 Å². The summed E-state index contributed by atoms with van der Waals surface area (Å²) < 4.78 is 18.4. The van der Waals surface area contributed by atoms with Gasteiger partial charge in [-0.3, -0.25) is 4.79 Å². The Morgan fingerprint density at radius 1 is 1.59 bits per heavy atom. The molecular weight excluding hydrogens is 225 g/mol.